The summed E-state index contributed by atoms with van der Waals surface area (Å²) in [5.74, 6) is -0.567. The number of unbranched alkanes of at least 4 members (excludes halogenated alkanes) is 19. The van der Waals surface area contributed by atoms with Gasteiger partial charge in [0.15, 0.2) is 0 Å². The second-order valence-electron chi connectivity index (χ2n) is 19.8. The molecular formula is C61H106N2O7P+. The summed E-state index contributed by atoms with van der Waals surface area (Å²) < 4.78 is 30.5. The van der Waals surface area contributed by atoms with Crippen LogP contribution in [0, 0.1) is 0 Å². The van der Waals surface area contributed by atoms with E-state index in [0.717, 1.165) is 109 Å². The van der Waals surface area contributed by atoms with Gasteiger partial charge in [-0.2, -0.15) is 0 Å². The molecule has 1 amide bonds. The Labute approximate surface area is 436 Å². The lowest BCUT2D eigenvalue weighted by atomic mass is 10.1. The molecule has 0 bridgehead atoms. The second kappa shape index (κ2) is 50.2. The number of quaternary nitrogens is 1. The second-order valence-corrected chi connectivity index (χ2v) is 21.2. The number of likely N-dealkylation sites (N-methyl/N-ethyl adjacent to an activating group) is 1. The van der Waals surface area contributed by atoms with Gasteiger partial charge in [-0.1, -0.05) is 214 Å². The molecule has 3 atom stereocenters. The van der Waals surface area contributed by atoms with Gasteiger partial charge in [-0.3, -0.25) is 18.6 Å². The Balaban J connectivity index is 5.41. The molecule has 0 saturated carbocycles. The molecule has 71 heavy (non-hydrogen) atoms. The lowest BCUT2D eigenvalue weighted by Gasteiger charge is -2.27. The molecule has 0 aromatic rings. The molecule has 10 heteroatoms. The van der Waals surface area contributed by atoms with Crippen LogP contribution in [0.15, 0.2) is 109 Å². The van der Waals surface area contributed by atoms with Crippen molar-refractivity contribution in [3.63, 3.8) is 0 Å². The van der Waals surface area contributed by atoms with Crippen molar-refractivity contribution in [2.45, 2.75) is 226 Å². The van der Waals surface area contributed by atoms with E-state index in [9.17, 15) is 19.0 Å². The summed E-state index contributed by atoms with van der Waals surface area (Å²) in [4.78, 5) is 37.5. The lowest BCUT2D eigenvalue weighted by Crippen LogP contribution is -2.47. The van der Waals surface area contributed by atoms with Gasteiger partial charge in [0.25, 0.3) is 0 Å². The van der Waals surface area contributed by atoms with Crippen LogP contribution in [0.3, 0.4) is 0 Å². The standard InChI is InChI=1S/C61H105N2O7P/c1-7-10-13-16-19-22-25-27-29-30-31-32-34-36-39-42-45-48-51-54-61(65)70-59(52-49-46-43-40-37-24-21-18-15-12-9-3)58(57-69-71(66,67)68-56-55-63(4,5)6)62-60(64)53-50-47-44-41-38-35-33-28-26-23-20-17-14-11-8-2/h10-11,13-14,17,19-20,22-23,26-27,29,31-32,36,39,49,52,58-59H,7-9,12,15-16,18,21,24-25,28,30,33-35,37-38,40-48,50-51,53-57H2,1-6H3,(H-,62,64,66,67)/p+1/b13-10-,14-11+,20-17+,22-19-,26-23+,29-27-,32-31-,39-36-,52-49+. The number of amides is 1. The number of carbonyl (C=O) groups excluding carboxylic acids is 2. The van der Waals surface area contributed by atoms with E-state index in [-0.39, 0.29) is 31.5 Å². The summed E-state index contributed by atoms with van der Waals surface area (Å²) >= 11 is 0. The highest BCUT2D eigenvalue weighted by atomic mass is 31.2. The number of ether oxygens (including phenoxy) is 1. The Morgan fingerprint density at radius 3 is 1.52 bits per heavy atom. The van der Waals surface area contributed by atoms with Gasteiger partial charge in [0.05, 0.1) is 33.8 Å². The molecule has 9 nitrogen and oxygen atoms in total. The molecule has 0 radical (unpaired) electrons. The third-order valence-corrected chi connectivity index (χ3v) is 12.8. The SMILES string of the molecule is CC/C=C\C/C=C\C/C=C\C/C=C\C/C=C\CCCCCC(=O)OC(/C=C/CCCCCCCCCCC)C(COP(=O)(O)OCC[N+](C)(C)C)NC(=O)CCCCCCCCC/C=C/C=C/C=C/CC. The number of phosphoric acid groups is 1. The molecule has 406 valence electrons. The first-order chi connectivity index (χ1) is 34.4. The molecule has 0 aromatic heterocycles. The number of nitrogens with one attached hydrogen (secondary N) is 1. The molecule has 0 aromatic carbocycles. The van der Waals surface area contributed by atoms with Gasteiger partial charge in [0.2, 0.25) is 5.91 Å². The first-order valence-electron chi connectivity index (χ1n) is 28.2. The summed E-state index contributed by atoms with van der Waals surface area (Å²) in [7, 11) is 1.45. The lowest BCUT2D eigenvalue weighted by molar-refractivity contribution is -0.870. The maximum absolute atomic E-state index is 13.5. The van der Waals surface area contributed by atoms with Crippen molar-refractivity contribution in [2.24, 2.45) is 0 Å². The molecule has 0 rings (SSSR count). The fourth-order valence-corrected chi connectivity index (χ4v) is 8.17. The van der Waals surface area contributed by atoms with Gasteiger partial charge in [-0.25, -0.2) is 4.57 Å². The van der Waals surface area contributed by atoms with Crippen LogP contribution >= 0.6 is 7.82 Å². The van der Waals surface area contributed by atoms with E-state index in [4.69, 9.17) is 13.8 Å². The summed E-state index contributed by atoms with van der Waals surface area (Å²) in [6, 6.07) is -0.874. The van der Waals surface area contributed by atoms with Crippen molar-refractivity contribution in [3.05, 3.63) is 109 Å². The Hall–Kier alpha value is -3.33. The van der Waals surface area contributed by atoms with Gasteiger partial charge in [0, 0.05) is 12.8 Å². The van der Waals surface area contributed by atoms with E-state index < -0.39 is 20.0 Å². The van der Waals surface area contributed by atoms with Gasteiger partial charge < -0.3 is 19.4 Å². The highest BCUT2D eigenvalue weighted by molar-refractivity contribution is 7.47. The maximum atomic E-state index is 13.5. The quantitative estimate of drug-likeness (QED) is 0.0156. The molecule has 0 fully saturated rings. The van der Waals surface area contributed by atoms with E-state index in [1.165, 1.54) is 64.2 Å². The smallest absolute Gasteiger partial charge is 0.456 e. The predicted octanol–water partition coefficient (Wildman–Crippen LogP) is 17.0. The van der Waals surface area contributed by atoms with Crippen LogP contribution in [-0.4, -0.2) is 74.3 Å². The van der Waals surface area contributed by atoms with Crippen LogP contribution < -0.4 is 5.32 Å². The summed E-state index contributed by atoms with van der Waals surface area (Å²) in [6.45, 7) is 6.70. The minimum atomic E-state index is -4.46. The number of hydrogen-bond donors (Lipinski definition) is 2. The number of nitrogens with zero attached hydrogens (tertiary/aromatic N) is 1. The molecule has 0 spiro atoms. The molecule has 0 saturated heterocycles. The summed E-state index contributed by atoms with van der Waals surface area (Å²) in [5.41, 5.74) is 0. The van der Waals surface area contributed by atoms with Crippen LogP contribution in [0.25, 0.3) is 0 Å². The average Bonchev–Trinajstić information content (AvgIpc) is 3.33. The fraction of sp³-hybridized carbons (Fsp3) is 0.672. The molecule has 3 unspecified atom stereocenters. The van der Waals surface area contributed by atoms with E-state index in [2.05, 4.69) is 123 Å². The van der Waals surface area contributed by atoms with Crippen molar-refractivity contribution in [3.8, 4) is 0 Å². The first-order valence-corrected chi connectivity index (χ1v) is 29.7. The Bertz CT molecular complexity index is 1580. The zero-order chi connectivity index (χ0) is 52.2. The third kappa shape index (κ3) is 51.4. The van der Waals surface area contributed by atoms with Gasteiger partial charge in [-0.05, 0) is 96.0 Å². The number of hydrogen-bond acceptors (Lipinski definition) is 6. The van der Waals surface area contributed by atoms with E-state index >= 15 is 0 Å². The fourth-order valence-electron chi connectivity index (χ4n) is 7.44. The maximum Gasteiger partial charge on any atom is 0.472 e. The van der Waals surface area contributed by atoms with Crippen LogP contribution in [-0.2, 0) is 27.9 Å². The topological polar surface area (TPSA) is 111 Å². The third-order valence-electron chi connectivity index (χ3n) is 11.8. The van der Waals surface area contributed by atoms with Crippen molar-refractivity contribution in [1.82, 2.24) is 5.32 Å². The van der Waals surface area contributed by atoms with Crippen LogP contribution in [0.1, 0.15) is 213 Å². The predicted molar refractivity (Wildman–Crippen MR) is 304 cm³/mol. The van der Waals surface area contributed by atoms with Crippen LogP contribution in [0.5, 0.6) is 0 Å². The van der Waals surface area contributed by atoms with Crippen molar-refractivity contribution in [2.75, 3.05) is 40.9 Å². The molecule has 0 aliphatic carbocycles. The van der Waals surface area contributed by atoms with E-state index in [1.807, 2.05) is 33.3 Å². The Morgan fingerprint density at radius 2 is 0.972 bits per heavy atom. The minimum absolute atomic E-state index is 0.0261. The number of allylic oxidation sites excluding steroid dienone is 17. The monoisotopic (exact) mass is 1010 g/mol. The molecule has 0 aliphatic heterocycles. The summed E-state index contributed by atoms with van der Waals surface area (Å²) in [5, 5.41) is 3.03. The van der Waals surface area contributed by atoms with Crippen molar-refractivity contribution < 1.29 is 37.3 Å². The number of esters is 1. The average molecular weight is 1010 g/mol. The first kappa shape index (κ1) is 67.7. The van der Waals surface area contributed by atoms with E-state index in [1.54, 1.807) is 0 Å². The minimum Gasteiger partial charge on any atom is -0.456 e. The van der Waals surface area contributed by atoms with Gasteiger partial charge in [0.1, 0.15) is 19.3 Å². The molecule has 0 heterocycles. The largest absolute Gasteiger partial charge is 0.472 e. The Morgan fingerprint density at radius 1 is 0.521 bits per heavy atom. The van der Waals surface area contributed by atoms with E-state index in [0.29, 0.717) is 23.9 Å². The van der Waals surface area contributed by atoms with Gasteiger partial charge in [-0.15, -0.1) is 0 Å². The molecule has 2 N–H and O–H groups in total. The molecular weight excluding hydrogens is 904 g/mol. The number of rotatable bonds is 49. The highest BCUT2D eigenvalue weighted by Crippen LogP contribution is 2.43. The highest BCUT2D eigenvalue weighted by Gasteiger charge is 2.30. The number of carbonyl (C=O) groups is 2. The number of phosphoric ester groups is 1. The zero-order valence-corrected chi connectivity index (χ0v) is 47.1. The van der Waals surface area contributed by atoms with Crippen molar-refractivity contribution >= 4 is 19.7 Å². The van der Waals surface area contributed by atoms with Gasteiger partial charge >= 0.3 is 13.8 Å². The molecule has 0 aliphatic rings. The van der Waals surface area contributed by atoms with Crippen LogP contribution in [0.4, 0.5) is 0 Å². The van der Waals surface area contributed by atoms with Crippen LogP contribution in [0.2, 0.25) is 0 Å². The normalized spacial score (nSPS) is 14.6. The van der Waals surface area contributed by atoms with Crippen molar-refractivity contribution in [1.29, 1.82) is 0 Å². The zero-order valence-electron chi connectivity index (χ0n) is 46.2. The Kier molecular flexibility index (Phi) is 47.9. The summed E-state index contributed by atoms with van der Waals surface area (Å²) in [6.07, 6.45) is 68.0.